The second kappa shape index (κ2) is 7.47. The minimum absolute atomic E-state index is 0.206. The van der Waals surface area contributed by atoms with Crippen LogP contribution in [0.3, 0.4) is 0 Å². The maximum Gasteiger partial charge on any atom is 0.151 e. The third-order valence-electron chi connectivity index (χ3n) is 3.01. The fourth-order valence-corrected chi connectivity index (χ4v) is 1.80. The van der Waals surface area contributed by atoms with Crippen LogP contribution in [0.1, 0.15) is 27.2 Å². The van der Waals surface area contributed by atoms with E-state index >= 15 is 0 Å². The number of anilines is 3. The van der Waals surface area contributed by atoms with Crippen LogP contribution in [0.2, 0.25) is 0 Å². The van der Waals surface area contributed by atoms with Gasteiger partial charge in [-0.25, -0.2) is 4.98 Å². The molecule has 1 unspecified atom stereocenters. The van der Waals surface area contributed by atoms with Crippen LogP contribution in [0.5, 0.6) is 5.75 Å². The molecule has 0 aliphatic rings. The lowest BCUT2D eigenvalue weighted by atomic mass is 10.2. The van der Waals surface area contributed by atoms with Crippen molar-refractivity contribution < 1.29 is 4.74 Å². The van der Waals surface area contributed by atoms with Gasteiger partial charge in [0.15, 0.2) is 5.82 Å². The SMILES string of the molecule is CCNc1cncc(Nc2cccc(OC(C)CC)c2)n1. The zero-order valence-electron chi connectivity index (χ0n) is 12.8. The van der Waals surface area contributed by atoms with E-state index in [1.807, 2.05) is 31.2 Å². The van der Waals surface area contributed by atoms with Gasteiger partial charge in [0.25, 0.3) is 0 Å². The Balaban J connectivity index is 2.08. The van der Waals surface area contributed by atoms with Crippen LogP contribution in [0, 0.1) is 0 Å². The normalized spacial score (nSPS) is 11.8. The topological polar surface area (TPSA) is 59.1 Å². The minimum atomic E-state index is 0.206. The first kappa shape index (κ1) is 15.1. The van der Waals surface area contributed by atoms with Crippen LogP contribution in [0.15, 0.2) is 36.7 Å². The van der Waals surface area contributed by atoms with Gasteiger partial charge in [0.05, 0.1) is 18.5 Å². The molecule has 0 saturated heterocycles. The average Bonchev–Trinajstić information content (AvgIpc) is 2.48. The van der Waals surface area contributed by atoms with E-state index in [1.54, 1.807) is 12.4 Å². The summed E-state index contributed by atoms with van der Waals surface area (Å²) in [5, 5.41) is 6.38. The van der Waals surface area contributed by atoms with E-state index in [9.17, 15) is 0 Å². The summed E-state index contributed by atoms with van der Waals surface area (Å²) in [6, 6.07) is 7.86. The molecule has 0 aliphatic carbocycles. The summed E-state index contributed by atoms with van der Waals surface area (Å²) in [4.78, 5) is 8.60. The van der Waals surface area contributed by atoms with Crippen molar-refractivity contribution in [2.24, 2.45) is 0 Å². The van der Waals surface area contributed by atoms with E-state index in [0.717, 1.165) is 30.2 Å². The van der Waals surface area contributed by atoms with Crippen molar-refractivity contribution in [2.75, 3.05) is 17.2 Å². The number of rotatable bonds is 7. The van der Waals surface area contributed by atoms with Crippen molar-refractivity contribution in [1.82, 2.24) is 9.97 Å². The van der Waals surface area contributed by atoms with Crippen LogP contribution in [-0.2, 0) is 0 Å². The molecule has 0 saturated carbocycles. The summed E-state index contributed by atoms with van der Waals surface area (Å²) in [5.41, 5.74) is 0.929. The highest BCUT2D eigenvalue weighted by molar-refractivity contribution is 5.58. The number of ether oxygens (including phenoxy) is 1. The van der Waals surface area contributed by atoms with Gasteiger partial charge < -0.3 is 15.4 Å². The van der Waals surface area contributed by atoms with Crippen LogP contribution in [0.25, 0.3) is 0 Å². The summed E-state index contributed by atoms with van der Waals surface area (Å²) in [5.74, 6) is 2.31. The predicted molar refractivity (Wildman–Crippen MR) is 86.3 cm³/mol. The molecule has 0 amide bonds. The lowest BCUT2D eigenvalue weighted by Crippen LogP contribution is -2.09. The van der Waals surface area contributed by atoms with Crippen molar-refractivity contribution in [3.63, 3.8) is 0 Å². The highest BCUT2D eigenvalue weighted by Crippen LogP contribution is 2.22. The lowest BCUT2D eigenvalue weighted by Gasteiger charge is -2.14. The fraction of sp³-hybridized carbons (Fsp3) is 0.375. The Labute approximate surface area is 125 Å². The molecule has 0 spiro atoms. The van der Waals surface area contributed by atoms with Gasteiger partial charge in [-0.15, -0.1) is 0 Å². The monoisotopic (exact) mass is 286 g/mol. The lowest BCUT2D eigenvalue weighted by molar-refractivity contribution is 0.217. The predicted octanol–water partition coefficient (Wildman–Crippen LogP) is 3.83. The first-order valence-electron chi connectivity index (χ1n) is 7.31. The Kier molecular flexibility index (Phi) is 5.37. The van der Waals surface area contributed by atoms with Gasteiger partial charge in [-0.05, 0) is 32.4 Å². The maximum atomic E-state index is 5.82. The number of benzene rings is 1. The summed E-state index contributed by atoms with van der Waals surface area (Å²) < 4.78 is 5.82. The standard InChI is InChI=1S/C16H22N4O/c1-4-12(3)21-14-8-6-7-13(9-14)19-16-11-17-10-15(20-16)18-5-2/h6-12H,4-5H2,1-3H3,(H2,18,19,20). The minimum Gasteiger partial charge on any atom is -0.491 e. The zero-order chi connectivity index (χ0) is 15.1. The molecule has 1 atom stereocenters. The third kappa shape index (κ3) is 4.63. The van der Waals surface area contributed by atoms with E-state index in [4.69, 9.17) is 4.74 Å². The maximum absolute atomic E-state index is 5.82. The molecule has 0 bridgehead atoms. The molecule has 21 heavy (non-hydrogen) atoms. The highest BCUT2D eigenvalue weighted by Gasteiger charge is 2.03. The van der Waals surface area contributed by atoms with E-state index in [0.29, 0.717) is 5.82 Å². The van der Waals surface area contributed by atoms with Crippen LogP contribution < -0.4 is 15.4 Å². The number of nitrogens with zero attached hydrogens (tertiary/aromatic N) is 2. The smallest absolute Gasteiger partial charge is 0.151 e. The number of hydrogen-bond donors (Lipinski definition) is 2. The van der Waals surface area contributed by atoms with Gasteiger partial charge >= 0.3 is 0 Å². The molecule has 5 nitrogen and oxygen atoms in total. The Hall–Kier alpha value is -2.30. The first-order valence-corrected chi connectivity index (χ1v) is 7.31. The summed E-state index contributed by atoms with van der Waals surface area (Å²) in [6.07, 6.45) is 4.59. The summed E-state index contributed by atoms with van der Waals surface area (Å²) in [7, 11) is 0. The molecule has 112 valence electrons. The molecule has 0 radical (unpaired) electrons. The van der Waals surface area contributed by atoms with Gasteiger partial charge in [0, 0.05) is 18.3 Å². The quantitative estimate of drug-likeness (QED) is 0.810. The van der Waals surface area contributed by atoms with Crippen LogP contribution in [-0.4, -0.2) is 22.6 Å². The molecule has 0 aliphatic heterocycles. The molecule has 1 aromatic carbocycles. The molecule has 2 aromatic rings. The van der Waals surface area contributed by atoms with E-state index in [1.165, 1.54) is 0 Å². The largest absolute Gasteiger partial charge is 0.491 e. The van der Waals surface area contributed by atoms with E-state index < -0.39 is 0 Å². The molecular formula is C16H22N4O. The molecule has 2 N–H and O–H groups in total. The van der Waals surface area contributed by atoms with Crippen molar-refractivity contribution in [3.8, 4) is 5.75 Å². The molecule has 0 fully saturated rings. The third-order valence-corrected chi connectivity index (χ3v) is 3.01. The van der Waals surface area contributed by atoms with Gasteiger partial charge in [0.2, 0.25) is 0 Å². The van der Waals surface area contributed by atoms with Gasteiger partial charge in [-0.2, -0.15) is 0 Å². The summed E-state index contributed by atoms with van der Waals surface area (Å²) >= 11 is 0. The van der Waals surface area contributed by atoms with E-state index in [2.05, 4.69) is 34.4 Å². The van der Waals surface area contributed by atoms with Crippen LogP contribution in [0.4, 0.5) is 17.3 Å². The number of nitrogens with one attached hydrogen (secondary N) is 2. The second-order valence-corrected chi connectivity index (χ2v) is 4.81. The molecule has 2 rings (SSSR count). The number of aromatic nitrogens is 2. The fourth-order valence-electron chi connectivity index (χ4n) is 1.80. The first-order chi connectivity index (χ1) is 10.2. The molecule has 5 heteroatoms. The molecule has 1 heterocycles. The van der Waals surface area contributed by atoms with Crippen molar-refractivity contribution in [3.05, 3.63) is 36.7 Å². The van der Waals surface area contributed by atoms with Gasteiger partial charge in [-0.1, -0.05) is 13.0 Å². The van der Waals surface area contributed by atoms with E-state index in [-0.39, 0.29) is 6.10 Å². The average molecular weight is 286 g/mol. The van der Waals surface area contributed by atoms with Gasteiger partial charge in [-0.3, -0.25) is 4.98 Å². The highest BCUT2D eigenvalue weighted by atomic mass is 16.5. The van der Waals surface area contributed by atoms with Gasteiger partial charge in [0.1, 0.15) is 11.6 Å². The Morgan fingerprint density at radius 1 is 1.19 bits per heavy atom. The van der Waals surface area contributed by atoms with Crippen molar-refractivity contribution >= 4 is 17.3 Å². The Bertz CT molecular complexity index is 574. The Morgan fingerprint density at radius 3 is 2.76 bits per heavy atom. The van der Waals surface area contributed by atoms with Crippen molar-refractivity contribution in [1.29, 1.82) is 0 Å². The number of hydrogen-bond acceptors (Lipinski definition) is 5. The zero-order valence-corrected chi connectivity index (χ0v) is 12.8. The summed E-state index contributed by atoms with van der Waals surface area (Å²) in [6.45, 7) is 7.01. The second-order valence-electron chi connectivity index (χ2n) is 4.81. The molecular weight excluding hydrogens is 264 g/mol. The Morgan fingerprint density at radius 2 is 2.00 bits per heavy atom. The van der Waals surface area contributed by atoms with Crippen LogP contribution >= 0.6 is 0 Å². The molecule has 1 aromatic heterocycles. The van der Waals surface area contributed by atoms with Crippen molar-refractivity contribution in [2.45, 2.75) is 33.3 Å².